The highest BCUT2D eigenvalue weighted by Crippen LogP contribution is 2.14. The zero-order valence-corrected chi connectivity index (χ0v) is 16.0. The fourth-order valence-corrected chi connectivity index (χ4v) is 3.72. The lowest BCUT2D eigenvalue weighted by molar-refractivity contribution is -0.115. The van der Waals surface area contributed by atoms with Gasteiger partial charge in [-0.25, -0.2) is 8.42 Å². The van der Waals surface area contributed by atoms with Crippen LogP contribution >= 0.6 is 0 Å². The first kappa shape index (κ1) is 19.6. The van der Waals surface area contributed by atoms with Gasteiger partial charge in [0, 0.05) is 6.42 Å². The molecule has 0 saturated heterocycles. The van der Waals surface area contributed by atoms with Gasteiger partial charge in [-0.05, 0) is 29.8 Å². The third-order valence-electron chi connectivity index (χ3n) is 3.92. The van der Waals surface area contributed by atoms with Gasteiger partial charge >= 0.3 is 6.01 Å². The van der Waals surface area contributed by atoms with Crippen LogP contribution in [-0.4, -0.2) is 37.4 Å². The van der Waals surface area contributed by atoms with Crippen molar-refractivity contribution in [3.63, 3.8) is 0 Å². The summed E-state index contributed by atoms with van der Waals surface area (Å²) in [5, 5.41) is 10.0. The Morgan fingerprint density at radius 1 is 1.07 bits per heavy atom. The Hall–Kier alpha value is -3.20. The van der Waals surface area contributed by atoms with Crippen LogP contribution in [0.5, 0.6) is 5.75 Å². The molecule has 1 heterocycles. The molecule has 0 saturated carbocycles. The number of nitrogens with zero attached hydrogens (tertiary/aromatic N) is 2. The van der Waals surface area contributed by atoms with Gasteiger partial charge in [0.05, 0.1) is 24.2 Å². The molecule has 3 rings (SSSR count). The molecule has 0 fully saturated rings. The third kappa shape index (κ3) is 5.17. The van der Waals surface area contributed by atoms with Crippen LogP contribution in [0.15, 0.2) is 63.9 Å². The van der Waals surface area contributed by atoms with E-state index in [0.717, 1.165) is 5.56 Å². The molecule has 0 spiro atoms. The molecule has 1 N–H and O–H groups in total. The number of benzene rings is 2. The van der Waals surface area contributed by atoms with Crippen molar-refractivity contribution in [2.24, 2.45) is 0 Å². The van der Waals surface area contributed by atoms with E-state index in [2.05, 4.69) is 15.5 Å². The fraction of sp³-hybridized carbons (Fsp3) is 0.211. The van der Waals surface area contributed by atoms with Crippen LogP contribution in [0.1, 0.15) is 11.5 Å². The standard InChI is InChI=1S/C19H19N3O5S/c1-26-15-9-7-14(8-10-15)13-17(23)20-19-22-21-18(27-19)11-12-28(24,25)16-5-3-2-4-6-16/h2-10H,11-13H2,1H3,(H,20,22,23). The number of nitrogens with one attached hydrogen (secondary N) is 1. The van der Waals surface area contributed by atoms with E-state index in [-0.39, 0.29) is 41.3 Å². The molecule has 1 amide bonds. The van der Waals surface area contributed by atoms with Gasteiger partial charge in [-0.15, -0.1) is 5.10 Å². The van der Waals surface area contributed by atoms with E-state index in [0.29, 0.717) is 5.75 Å². The molecule has 0 radical (unpaired) electrons. The number of sulfone groups is 1. The van der Waals surface area contributed by atoms with Gasteiger partial charge < -0.3 is 9.15 Å². The highest BCUT2D eigenvalue weighted by molar-refractivity contribution is 7.91. The number of anilines is 1. The van der Waals surface area contributed by atoms with Crippen LogP contribution < -0.4 is 10.1 Å². The lowest BCUT2D eigenvalue weighted by Crippen LogP contribution is -2.14. The topological polar surface area (TPSA) is 111 Å². The minimum atomic E-state index is -3.44. The summed E-state index contributed by atoms with van der Waals surface area (Å²) < 4.78 is 34.9. The molecule has 0 aliphatic carbocycles. The second-order valence-corrected chi connectivity index (χ2v) is 8.07. The Labute approximate surface area is 162 Å². The van der Waals surface area contributed by atoms with E-state index < -0.39 is 9.84 Å². The van der Waals surface area contributed by atoms with Crippen LogP contribution in [0.3, 0.4) is 0 Å². The molecule has 0 bridgehead atoms. The average Bonchev–Trinajstić information content (AvgIpc) is 3.15. The molecule has 2 aromatic carbocycles. The third-order valence-corrected chi connectivity index (χ3v) is 5.66. The van der Waals surface area contributed by atoms with E-state index in [1.165, 1.54) is 12.1 Å². The van der Waals surface area contributed by atoms with Crippen molar-refractivity contribution in [1.29, 1.82) is 0 Å². The van der Waals surface area contributed by atoms with Crippen LogP contribution in [-0.2, 0) is 27.5 Å². The number of rotatable bonds is 8. The number of methoxy groups -OCH3 is 1. The molecular weight excluding hydrogens is 382 g/mol. The first-order chi connectivity index (χ1) is 13.5. The van der Waals surface area contributed by atoms with Crippen LogP contribution in [0, 0.1) is 0 Å². The van der Waals surface area contributed by atoms with Crippen LogP contribution in [0.4, 0.5) is 6.01 Å². The number of hydrogen-bond acceptors (Lipinski definition) is 7. The average molecular weight is 401 g/mol. The maximum atomic E-state index is 12.3. The SMILES string of the molecule is COc1ccc(CC(=O)Nc2nnc(CCS(=O)(=O)c3ccccc3)o2)cc1. The predicted octanol–water partition coefficient (Wildman–Crippen LogP) is 2.28. The lowest BCUT2D eigenvalue weighted by Gasteiger charge is -2.03. The van der Waals surface area contributed by atoms with Gasteiger partial charge in [0.25, 0.3) is 0 Å². The summed E-state index contributed by atoms with van der Waals surface area (Å²) >= 11 is 0. The summed E-state index contributed by atoms with van der Waals surface area (Å²) in [7, 11) is -1.87. The highest BCUT2D eigenvalue weighted by Gasteiger charge is 2.17. The van der Waals surface area contributed by atoms with Crippen molar-refractivity contribution in [2.45, 2.75) is 17.7 Å². The van der Waals surface area contributed by atoms with Gasteiger partial charge in [0.1, 0.15) is 5.75 Å². The number of carbonyl (C=O) groups excluding carboxylic acids is 1. The number of carbonyl (C=O) groups is 1. The summed E-state index contributed by atoms with van der Waals surface area (Å²) in [6.45, 7) is 0. The Morgan fingerprint density at radius 3 is 2.46 bits per heavy atom. The van der Waals surface area contributed by atoms with Crippen molar-refractivity contribution in [3.05, 3.63) is 66.1 Å². The van der Waals surface area contributed by atoms with Gasteiger partial charge in [0.2, 0.25) is 11.8 Å². The molecule has 9 heteroatoms. The largest absolute Gasteiger partial charge is 0.497 e. The fourth-order valence-electron chi connectivity index (χ4n) is 2.46. The second-order valence-electron chi connectivity index (χ2n) is 5.96. The number of ether oxygens (including phenoxy) is 1. The summed E-state index contributed by atoms with van der Waals surface area (Å²) in [4.78, 5) is 12.3. The Bertz CT molecular complexity index is 1030. The number of hydrogen-bond donors (Lipinski definition) is 1. The van der Waals surface area contributed by atoms with Gasteiger partial charge in [-0.2, -0.15) is 0 Å². The Kier molecular flexibility index (Phi) is 6.05. The molecule has 0 aliphatic rings. The summed E-state index contributed by atoms with van der Waals surface area (Å²) in [5.41, 5.74) is 0.798. The zero-order valence-electron chi connectivity index (χ0n) is 15.2. The minimum Gasteiger partial charge on any atom is -0.497 e. The molecule has 3 aromatic rings. The molecule has 0 unspecified atom stereocenters. The van der Waals surface area contributed by atoms with Crippen molar-refractivity contribution in [3.8, 4) is 5.75 Å². The molecule has 0 aliphatic heterocycles. The first-order valence-corrected chi connectivity index (χ1v) is 10.1. The Balaban J connectivity index is 1.54. The molecule has 146 valence electrons. The lowest BCUT2D eigenvalue weighted by atomic mass is 10.1. The van der Waals surface area contributed by atoms with Gasteiger partial charge in [-0.1, -0.05) is 35.4 Å². The monoisotopic (exact) mass is 401 g/mol. The van der Waals surface area contributed by atoms with Gasteiger partial charge in [-0.3, -0.25) is 10.1 Å². The van der Waals surface area contributed by atoms with Gasteiger partial charge in [0.15, 0.2) is 9.84 Å². The van der Waals surface area contributed by atoms with Crippen molar-refractivity contribution < 1.29 is 22.4 Å². The normalized spacial score (nSPS) is 11.2. The molecule has 8 nitrogen and oxygen atoms in total. The number of aromatic nitrogens is 2. The van der Waals surface area contributed by atoms with E-state index >= 15 is 0 Å². The van der Waals surface area contributed by atoms with Crippen LogP contribution in [0.25, 0.3) is 0 Å². The number of amides is 1. The predicted molar refractivity (Wildman–Crippen MR) is 102 cm³/mol. The van der Waals surface area contributed by atoms with Crippen molar-refractivity contribution in [1.82, 2.24) is 10.2 Å². The number of aryl methyl sites for hydroxylation is 1. The summed E-state index contributed by atoms with van der Waals surface area (Å²) in [5.74, 6) is 0.353. The maximum absolute atomic E-state index is 12.3. The molecular formula is C19H19N3O5S. The first-order valence-electron chi connectivity index (χ1n) is 8.49. The van der Waals surface area contributed by atoms with Crippen molar-refractivity contribution in [2.75, 3.05) is 18.2 Å². The molecule has 28 heavy (non-hydrogen) atoms. The minimum absolute atomic E-state index is 0.0541. The molecule has 1 aromatic heterocycles. The summed E-state index contributed by atoms with van der Waals surface area (Å²) in [6.07, 6.45) is 0.183. The van der Waals surface area contributed by atoms with Crippen LogP contribution in [0.2, 0.25) is 0 Å². The second kappa shape index (κ2) is 8.66. The van der Waals surface area contributed by atoms with E-state index in [9.17, 15) is 13.2 Å². The Morgan fingerprint density at radius 2 is 1.79 bits per heavy atom. The van der Waals surface area contributed by atoms with E-state index in [1.807, 2.05) is 0 Å². The van der Waals surface area contributed by atoms with E-state index in [4.69, 9.17) is 9.15 Å². The highest BCUT2D eigenvalue weighted by atomic mass is 32.2. The summed E-state index contributed by atoms with van der Waals surface area (Å²) in [6, 6.07) is 15.2. The smallest absolute Gasteiger partial charge is 0.322 e. The van der Waals surface area contributed by atoms with Crippen molar-refractivity contribution >= 4 is 21.8 Å². The maximum Gasteiger partial charge on any atom is 0.322 e. The van der Waals surface area contributed by atoms with E-state index in [1.54, 1.807) is 49.6 Å². The molecule has 0 atom stereocenters. The zero-order chi connectivity index (χ0) is 20.0. The quantitative estimate of drug-likeness (QED) is 0.616.